The van der Waals surface area contributed by atoms with Gasteiger partial charge < -0.3 is 15.0 Å². The fourth-order valence-corrected chi connectivity index (χ4v) is 5.13. The van der Waals surface area contributed by atoms with Gasteiger partial charge in [0.15, 0.2) is 0 Å². The molecule has 3 rings (SSSR count). The molecular weight excluding hydrogens is 390 g/mol. The lowest BCUT2D eigenvalue weighted by atomic mass is 10.4. The first-order chi connectivity index (χ1) is 13.0. The van der Waals surface area contributed by atoms with E-state index in [1.807, 2.05) is 6.07 Å². The van der Waals surface area contributed by atoms with Crippen LogP contribution < -0.4 is 14.9 Å². The number of nitrogens with zero attached hydrogens (tertiary/aromatic N) is 3. The summed E-state index contributed by atoms with van der Waals surface area (Å²) in [5.74, 6) is 0.836. The lowest BCUT2D eigenvalue weighted by Gasteiger charge is -2.16. The molecule has 0 spiro atoms. The van der Waals surface area contributed by atoms with Crippen molar-refractivity contribution in [3.63, 3.8) is 0 Å². The van der Waals surface area contributed by atoms with Crippen LogP contribution in [-0.4, -0.2) is 57.6 Å². The van der Waals surface area contributed by atoms with Crippen molar-refractivity contribution in [2.24, 2.45) is 0 Å². The normalized spacial score (nSPS) is 14.3. The van der Waals surface area contributed by atoms with Gasteiger partial charge in [0.1, 0.15) is 27.7 Å². The molecular formula is C16H21N5O4S2. The van der Waals surface area contributed by atoms with Crippen LogP contribution in [-0.2, 0) is 14.8 Å². The molecule has 0 saturated carbocycles. The van der Waals surface area contributed by atoms with E-state index in [-0.39, 0.29) is 16.3 Å². The van der Waals surface area contributed by atoms with Gasteiger partial charge in [-0.25, -0.2) is 27.9 Å². The highest BCUT2D eigenvalue weighted by Gasteiger charge is 2.24. The molecule has 9 nitrogen and oxygen atoms in total. The first-order valence-corrected chi connectivity index (χ1v) is 10.8. The molecule has 2 aromatic heterocycles. The standard InChI is InChI=1S/C16H21N5O4S2/c1-25-16(22)15-12(4-9-26-15)27(23,24)20-6-5-17-13-10-14(19-11-18-13)21-7-2-3-8-21/h4,9-11,20H,2-3,5-8H2,1H3,(H,17,18,19). The second-order valence-corrected chi connectivity index (χ2v) is 8.54. The van der Waals surface area contributed by atoms with Gasteiger partial charge in [0.05, 0.1) is 7.11 Å². The highest BCUT2D eigenvalue weighted by atomic mass is 32.2. The Labute approximate surface area is 161 Å². The third-order valence-electron chi connectivity index (χ3n) is 4.10. The van der Waals surface area contributed by atoms with Gasteiger partial charge in [0, 0.05) is 32.2 Å². The molecule has 0 aromatic carbocycles. The number of methoxy groups -OCH3 is 1. The van der Waals surface area contributed by atoms with Crippen LogP contribution in [0.5, 0.6) is 0 Å². The van der Waals surface area contributed by atoms with Crippen LogP contribution >= 0.6 is 11.3 Å². The minimum absolute atomic E-state index is 0.0593. The summed E-state index contributed by atoms with van der Waals surface area (Å²) in [5, 5.41) is 4.62. The van der Waals surface area contributed by atoms with Gasteiger partial charge in [0.2, 0.25) is 10.0 Å². The van der Waals surface area contributed by atoms with Crippen molar-refractivity contribution in [3.8, 4) is 0 Å². The Bertz CT molecular complexity index is 894. The molecule has 0 unspecified atom stereocenters. The number of nitrogens with one attached hydrogen (secondary N) is 2. The van der Waals surface area contributed by atoms with Crippen molar-refractivity contribution in [1.29, 1.82) is 0 Å². The molecule has 1 saturated heterocycles. The van der Waals surface area contributed by atoms with Crippen LogP contribution in [0.25, 0.3) is 0 Å². The zero-order valence-corrected chi connectivity index (χ0v) is 16.5. The van der Waals surface area contributed by atoms with Crippen LogP contribution in [0.1, 0.15) is 22.5 Å². The zero-order chi connectivity index (χ0) is 19.3. The van der Waals surface area contributed by atoms with Crippen LogP contribution in [0.3, 0.4) is 0 Å². The fourth-order valence-electron chi connectivity index (χ4n) is 2.77. The van der Waals surface area contributed by atoms with E-state index in [1.54, 1.807) is 5.38 Å². The minimum atomic E-state index is -3.80. The van der Waals surface area contributed by atoms with Crippen molar-refractivity contribution < 1.29 is 17.9 Å². The molecule has 1 aliphatic rings. The number of esters is 1. The van der Waals surface area contributed by atoms with Crippen molar-refractivity contribution in [1.82, 2.24) is 14.7 Å². The van der Waals surface area contributed by atoms with E-state index in [2.05, 4.69) is 29.6 Å². The number of hydrogen-bond donors (Lipinski definition) is 2. The van der Waals surface area contributed by atoms with Gasteiger partial charge >= 0.3 is 5.97 Å². The summed E-state index contributed by atoms with van der Waals surface area (Å²) in [7, 11) is -2.58. The van der Waals surface area contributed by atoms with Crippen molar-refractivity contribution in [2.75, 3.05) is 43.5 Å². The molecule has 146 valence electrons. The molecule has 0 atom stereocenters. The Balaban J connectivity index is 1.55. The maximum Gasteiger partial charge on any atom is 0.349 e. The molecule has 2 N–H and O–H groups in total. The Morgan fingerprint density at radius 1 is 1.30 bits per heavy atom. The molecule has 1 fully saturated rings. The maximum absolute atomic E-state index is 12.4. The van der Waals surface area contributed by atoms with Crippen LogP contribution in [0.15, 0.2) is 28.7 Å². The Hall–Kier alpha value is -2.24. The summed E-state index contributed by atoms with van der Waals surface area (Å²) in [4.78, 5) is 22.3. The SMILES string of the molecule is COC(=O)c1sccc1S(=O)(=O)NCCNc1cc(N2CCCC2)ncn1. The Kier molecular flexibility index (Phi) is 6.24. The first-order valence-electron chi connectivity index (χ1n) is 8.47. The number of hydrogen-bond acceptors (Lipinski definition) is 9. The fraction of sp³-hybridized carbons (Fsp3) is 0.438. The van der Waals surface area contributed by atoms with Crippen molar-refractivity contribution in [2.45, 2.75) is 17.7 Å². The summed E-state index contributed by atoms with van der Waals surface area (Å²) in [6, 6.07) is 3.24. The quantitative estimate of drug-likeness (QED) is 0.494. The topological polar surface area (TPSA) is 114 Å². The summed E-state index contributed by atoms with van der Waals surface area (Å²) in [6.07, 6.45) is 3.81. The van der Waals surface area contributed by atoms with Gasteiger partial charge in [-0.05, 0) is 24.3 Å². The second-order valence-electron chi connectivity index (χ2n) is 5.89. The predicted octanol–water partition coefficient (Wildman–Crippen LogP) is 1.32. The number of sulfonamides is 1. The van der Waals surface area contributed by atoms with E-state index >= 15 is 0 Å². The third-order valence-corrected chi connectivity index (χ3v) is 6.62. The molecule has 3 heterocycles. The summed E-state index contributed by atoms with van der Waals surface area (Å²) in [6.45, 7) is 2.45. The van der Waals surface area contributed by atoms with E-state index in [0.29, 0.717) is 12.4 Å². The lowest BCUT2D eigenvalue weighted by molar-refractivity contribution is 0.0602. The molecule has 11 heteroatoms. The molecule has 0 bridgehead atoms. The van der Waals surface area contributed by atoms with E-state index in [0.717, 1.165) is 43.1 Å². The van der Waals surface area contributed by atoms with E-state index in [9.17, 15) is 13.2 Å². The minimum Gasteiger partial charge on any atom is -0.465 e. The number of carbonyl (C=O) groups excluding carboxylic acids is 1. The molecule has 2 aromatic rings. The van der Waals surface area contributed by atoms with Gasteiger partial charge in [0.25, 0.3) is 0 Å². The van der Waals surface area contributed by atoms with Gasteiger partial charge in [-0.3, -0.25) is 0 Å². The number of ether oxygens (including phenoxy) is 1. The lowest BCUT2D eigenvalue weighted by Crippen LogP contribution is -2.29. The first kappa shape index (κ1) is 19.5. The maximum atomic E-state index is 12.4. The van der Waals surface area contributed by atoms with Gasteiger partial charge in [-0.15, -0.1) is 11.3 Å². The summed E-state index contributed by atoms with van der Waals surface area (Å²) >= 11 is 1.03. The largest absolute Gasteiger partial charge is 0.465 e. The van der Waals surface area contributed by atoms with Gasteiger partial charge in [-0.2, -0.15) is 0 Å². The van der Waals surface area contributed by atoms with E-state index in [1.165, 1.54) is 19.5 Å². The number of aromatic nitrogens is 2. The highest BCUT2D eigenvalue weighted by molar-refractivity contribution is 7.89. The molecule has 27 heavy (non-hydrogen) atoms. The summed E-state index contributed by atoms with van der Waals surface area (Å²) in [5.41, 5.74) is 0. The summed E-state index contributed by atoms with van der Waals surface area (Å²) < 4.78 is 31.9. The van der Waals surface area contributed by atoms with Crippen molar-refractivity contribution >= 4 is 39.0 Å². The molecule has 1 aliphatic heterocycles. The number of anilines is 2. The smallest absolute Gasteiger partial charge is 0.349 e. The van der Waals surface area contributed by atoms with Crippen LogP contribution in [0.2, 0.25) is 0 Å². The van der Waals surface area contributed by atoms with Crippen LogP contribution in [0, 0.1) is 0 Å². The predicted molar refractivity (Wildman–Crippen MR) is 103 cm³/mol. The molecule has 0 aliphatic carbocycles. The Morgan fingerprint density at radius 2 is 2.07 bits per heavy atom. The third kappa shape index (κ3) is 4.73. The zero-order valence-electron chi connectivity index (χ0n) is 14.8. The number of rotatable bonds is 8. The van der Waals surface area contributed by atoms with E-state index in [4.69, 9.17) is 0 Å². The monoisotopic (exact) mass is 411 g/mol. The van der Waals surface area contributed by atoms with Gasteiger partial charge in [-0.1, -0.05) is 0 Å². The average Bonchev–Trinajstić information content (AvgIpc) is 3.37. The van der Waals surface area contributed by atoms with E-state index < -0.39 is 16.0 Å². The van der Waals surface area contributed by atoms with Crippen LogP contribution in [0.4, 0.5) is 11.6 Å². The molecule has 0 radical (unpaired) electrons. The number of carbonyl (C=O) groups is 1. The highest BCUT2D eigenvalue weighted by Crippen LogP contribution is 2.22. The average molecular weight is 412 g/mol. The number of thiophene rings is 1. The van der Waals surface area contributed by atoms with Crippen molar-refractivity contribution in [3.05, 3.63) is 28.7 Å². The Morgan fingerprint density at radius 3 is 2.81 bits per heavy atom. The molecule has 0 amide bonds. The second kappa shape index (κ2) is 8.63.